The Morgan fingerprint density at radius 3 is 2.63 bits per heavy atom. The van der Waals surface area contributed by atoms with E-state index in [0.29, 0.717) is 21.6 Å². The van der Waals surface area contributed by atoms with Crippen molar-refractivity contribution in [2.75, 3.05) is 5.32 Å². The normalized spacial score (nSPS) is 18.7. The van der Waals surface area contributed by atoms with Crippen LogP contribution in [-0.2, 0) is 22.6 Å². The minimum Gasteiger partial charge on any atom is -0.485 e. The fourth-order valence-corrected chi connectivity index (χ4v) is 4.78. The van der Waals surface area contributed by atoms with Crippen LogP contribution in [0.5, 0.6) is 5.75 Å². The molecule has 0 fully saturated rings. The van der Waals surface area contributed by atoms with Gasteiger partial charge in [-0.2, -0.15) is 0 Å². The molecular weight excluding hydrogens is 533 g/mol. The number of hydrogen-bond acceptors (Lipinski definition) is 4. The predicted octanol–water partition coefficient (Wildman–Crippen LogP) is 8.08. The van der Waals surface area contributed by atoms with Crippen molar-refractivity contribution in [3.8, 4) is 5.75 Å². The van der Waals surface area contributed by atoms with Crippen LogP contribution in [0.25, 0.3) is 0 Å². The third kappa shape index (κ3) is 6.36. The summed E-state index contributed by atoms with van der Waals surface area (Å²) in [7, 11) is 0. The average Bonchev–Trinajstić information content (AvgIpc) is 2.78. The second kappa shape index (κ2) is 10.9. The molecule has 0 amide bonds. The van der Waals surface area contributed by atoms with Crippen molar-refractivity contribution in [1.82, 2.24) is 0 Å². The van der Waals surface area contributed by atoms with E-state index in [-0.39, 0.29) is 24.6 Å². The fraction of sp³-hybridized carbons (Fsp3) is 0.357. The highest BCUT2D eigenvalue weighted by molar-refractivity contribution is 9.10. The number of nitrogens with one attached hydrogen (secondary N) is 1. The van der Waals surface area contributed by atoms with Gasteiger partial charge in [-0.05, 0) is 75.7 Å². The lowest BCUT2D eigenvalue weighted by molar-refractivity contribution is -0.177. The molecule has 0 spiro atoms. The van der Waals surface area contributed by atoms with Crippen LogP contribution in [0.15, 0.2) is 65.1 Å². The molecule has 2 atom stereocenters. The molecule has 0 aromatic heterocycles. The summed E-state index contributed by atoms with van der Waals surface area (Å²) >= 11 is 9.42. The van der Waals surface area contributed by atoms with Crippen molar-refractivity contribution in [1.29, 1.82) is 0 Å². The Bertz CT molecular complexity index is 1190. The van der Waals surface area contributed by atoms with Gasteiger partial charge in [0.15, 0.2) is 0 Å². The maximum absolute atomic E-state index is 14.5. The Kier molecular flexibility index (Phi) is 8.06. The van der Waals surface area contributed by atoms with E-state index in [0.717, 1.165) is 22.6 Å². The molecule has 2 unspecified atom stereocenters. The zero-order valence-corrected chi connectivity index (χ0v) is 22.6. The van der Waals surface area contributed by atoms with E-state index >= 15 is 0 Å². The first-order valence-corrected chi connectivity index (χ1v) is 12.8. The SMILES string of the molecule is CC(C)OC1c2cc(NCc3cccc(Cl)c3)ccc2OC(C)(C)C1OCc1ccc(Br)cc1F. The van der Waals surface area contributed by atoms with Gasteiger partial charge in [0.05, 0.1) is 12.7 Å². The van der Waals surface area contributed by atoms with Gasteiger partial charge in [0, 0.05) is 32.9 Å². The number of anilines is 1. The first kappa shape index (κ1) is 26.0. The lowest BCUT2D eigenvalue weighted by Crippen LogP contribution is -2.51. The van der Waals surface area contributed by atoms with Crippen LogP contribution >= 0.6 is 27.5 Å². The van der Waals surface area contributed by atoms with Crippen molar-refractivity contribution in [2.45, 2.75) is 64.8 Å². The summed E-state index contributed by atoms with van der Waals surface area (Å²) in [4.78, 5) is 0. The summed E-state index contributed by atoms with van der Waals surface area (Å²) in [6.45, 7) is 8.67. The molecule has 35 heavy (non-hydrogen) atoms. The van der Waals surface area contributed by atoms with Crippen LogP contribution in [-0.4, -0.2) is 17.8 Å². The van der Waals surface area contributed by atoms with Crippen LogP contribution < -0.4 is 10.1 Å². The first-order chi connectivity index (χ1) is 16.6. The van der Waals surface area contributed by atoms with E-state index < -0.39 is 11.7 Å². The fourth-order valence-electron chi connectivity index (χ4n) is 4.24. The van der Waals surface area contributed by atoms with Crippen LogP contribution in [0, 0.1) is 5.82 Å². The number of fused-ring (bicyclic) bond motifs is 1. The maximum atomic E-state index is 14.5. The lowest BCUT2D eigenvalue weighted by atomic mass is 9.87. The van der Waals surface area contributed by atoms with Crippen LogP contribution in [0.2, 0.25) is 5.02 Å². The molecule has 0 saturated heterocycles. The quantitative estimate of drug-likeness (QED) is 0.301. The lowest BCUT2D eigenvalue weighted by Gasteiger charge is -2.45. The monoisotopic (exact) mass is 561 g/mol. The number of benzene rings is 3. The standard InChI is InChI=1S/C28H30BrClFNO3/c1-17(2)34-26-23-14-22(32-15-18-6-5-7-21(30)12-18)10-11-25(23)35-28(3,4)27(26)33-16-19-8-9-20(29)13-24(19)31/h5-14,17,26-27,32H,15-16H2,1-4H3. The molecule has 7 heteroatoms. The molecule has 1 heterocycles. The molecule has 1 aliphatic heterocycles. The summed E-state index contributed by atoms with van der Waals surface area (Å²) in [5, 5.41) is 4.16. The van der Waals surface area contributed by atoms with Gasteiger partial charge in [0.25, 0.3) is 0 Å². The number of rotatable bonds is 8. The van der Waals surface area contributed by atoms with E-state index in [1.54, 1.807) is 12.1 Å². The zero-order valence-electron chi connectivity index (χ0n) is 20.3. The Hall–Kier alpha value is -2.12. The highest BCUT2D eigenvalue weighted by atomic mass is 79.9. The third-order valence-corrected chi connectivity index (χ3v) is 6.62. The minimum atomic E-state index is -0.686. The van der Waals surface area contributed by atoms with Crippen molar-refractivity contribution in [3.63, 3.8) is 0 Å². The molecule has 186 valence electrons. The Morgan fingerprint density at radius 2 is 1.91 bits per heavy atom. The largest absolute Gasteiger partial charge is 0.485 e. The van der Waals surface area contributed by atoms with E-state index in [2.05, 4.69) is 21.2 Å². The molecule has 4 rings (SSSR count). The Balaban J connectivity index is 1.59. The molecule has 3 aromatic rings. The molecular formula is C28H30BrClFNO3. The van der Waals surface area contributed by atoms with E-state index in [1.165, 1.54) is 6.07 Å². The summed E-state index contributed by atoms with van der Waals surface area (Å²) in [6, 6.07) is 18.7. The second-order valence-corrected chi connectivity index (χ2v) is 10.9. The van der Waals surface area contributed by atoms with Crippen molar-refractivity contribution in [3.05, 3.63) is 92.7 Å². The van der Waals surface area contributed by atoms with E-state index in [4.69, 9.17) is 25.8 Å². The Labute approximate surface area is 219 Å². The smallest absolute Gasteiger partial charge is 0.132 e. The van der Waals surface area contributed by atoms with Crippen molar-refractivity contribution < 1.29 is 18.6 Å². The number of halogens is 3. The third-order valence-electron chi connectivity index (χ3n) is 5.89. The zero-order chi connectivity index (χ0) is 25.2. The van der Waals surface area contributed by atoms with E-state index in [9.17, 15) is 4.39 Å². The molecule has 1 aliphatic rings. The topological polar surface area (TPSA) is 39.7 Å². The molecule has 0 saturated carbocycles. The van der Waals surface area contributed by atoms with Crippen molar-refractivity contribution in [2.24, 2.45) is 0 Å². The predicted molar refractivity (Wildman–Crippen MR) is 142 cm³/mol. The van der Waals surface area contributed by atoms with Gasteiger partial charge in [0.1, 0.15) is 29.4 Å². The maximum Gasteiger partial charge on any atom is 0.132 e. The highest BCUT2D eigenvalue weighted by Gasteiger charge is 2.46. The summed E-state index contributed by atoms with van der Waals surface area (Å²) < 4.78 is 34.2. The highest BCUT2D eigenvalue weighted by Crippen LogP contribution is 2.45. The van der Waals surface area contributed by atoms with E-state index in [1.807, 2.05) is 70.2 Å². The molecule has 4 nitrogen and oxygen atoms in total. The van der Waals surface area contributed by atoms with Gasteiger partial charge < -0.3 is 19.5 Å². The Morgan fingerprint density at radius 1 is 1.11 bits per heavy atom. The molecule has 3 aromatic carbocycles. The van der Waals surface area contributed by atoms with Gasteiger partial charge in [0.2, 0.25) is 0 Å². The van der Waals surface area contributed by atoms with Gasteiger partial charge in [-0.1, -0.05) is 45.7 Å². The van der Waals surface area contributed by atoms with Gasteiger partial charge in [-0.25, -0.2) is 4.39 Å². The molecule has 1 N–H and O–H groups in total. The number of hydrogen-bond donors (Lipinski definition) is 1. The van der Waals surface area contributed by atoms with Crippen LogP contribution in [0.1, 0.15) is 50.5 Å². The van der Waals surface area contributed by atoms with Gasteiger partial charge >= 0.3 is 0 Å². The first-order valence-electron chi connectivity index (χ1n) is 11.6. The van der Waals surface area contributed by atoms with Crippen LogP contribution in [0.4, 0.5) is 10.1 Å². The summed E-state index contributed by atoms with van der Waals surface area (Å²) in [5.74, 6) is 0.437. The summed E-state index contributed by atoms with van der Waals surface area (Å²) in [5.41, 5.74) is 2.71. The van der Waals surface area contributed by atoms with Crippen molar-refractivity contribution >= 4 is 33.2 Å². The van der Waals surface area contributed by atoms with Gasteiger partial charge in [-0.15, -0.1) is 0 Å². The second-order valence-electron chi connectivity index (χ2n) is 9.51. The summed E-state index contributed by atoms with van der Waals surface area (Å²) in [6.07, 6.45) is -0.885. The molecule has 0 bridgehead atoms. The van der Waals surface area contributed by atoms with Gasteiger partial charge in [-0.3, -0.25) is 0 Å². The molecule has 0 aliphatic carbocycles. The number of ether oxygens (including phenoxy) is 3. The minimum absolute atomic E-state index is 0.0413. The van der Waals surface area contributed by atoms with Crippen LogP contribution in [0.3, 0.4) is 0 Å². The molecule has 0 radical (unpaired) electrons. The average molecular weight is 563 g/mol.